The second kappa shape index (κ2) is 6.58. The van der Waals surface area contributed by atoms with E-state index >= 15 is 0 Å². The largest absolute Gasteiger partial charge is 0.342 e. The summed E-state index contributed by atoms with van der Waals surface area (Å²) in [6, 6.07) is 17.4. The van der Waals surface area contributed by atoms with Gasteiger partial charge in [-0.15, -0.1) is 0 Å². The lowest BCUT2D eigenvalue weighted by atomic mass is 10.0. The van der Waals surface area contributed by atoms with Crippen molar-refractivity contribution in [1.82, 2.24) is 0 Å². The van der Waals surface area contributed by atoms with Gasteiger partial charge in [-0.1, -0.05) is 24.3 Å². The molecule has 0 fully saturated rings. The molecule has 1 unspecified atom stereocenters. The summed E-state index contributed by atoms with van der Waals surface area (Å²) >= 11 is 0. The Morgan fingerprint density at radius 3 is 2.30 bits per heavy atom. The van der Waals surface area contributed by atoms with Gasteiger partial charge in [0.1, 0.15) is 0 Å². The van der Waals surface area contributed by atoms with E-state index in [1.807, 2.05) is 6.07 Å². The maximum Gasteiger partial charge on any atom is 0.0413 e. The molecule has 2 aromatic rings. The molecule has 0 aliphatic rings. The smallest absolute Gasteiger partial charge is 0.0413 e. The van der Waals surface area contributed by atoms with Gasteiger partial charge in [0.05, 0.1) is 0 Å². The Morgan fingerprint density at radius 1 is 1.05 bits per heavy atom. The van der Waals surface area contributed by atoms with Crippen molar-refractivity contribution in [1.29, 1.82) is 0 Å². The molecule has 0 aromatic heterocycles. The van der Waals surface area contributed by atoms with Crippen LogP contribution in [0.1, 0.15) is 25.0 Å². The molecule has 2 N–H and O–H groups in total. The Labute approximate surface area is 122 Å². The SMILES string of the molecule is CCN(c1ccccc1)c1ccc(CC(C)N)c(C)c1. The third-order valence-electron chi connectivity index (χ3n) is 3.56. The minimum absolute atomic E-state index is 0.205. The van der Waals surface area contributed by atoms with Crippen LogP contribution in [-0.4, -0.2) is 12.6 Å². The third kappa shape index (κ3) is 3.40. The number of hydrogen-bond acceptors (Lipinski definition) is 2. The van der Waals surface area contributed by atoms with E-state index < -0.39 is 0 Å². The van der Waals surface area contributed by atoms with E-state index in [1.54, 1.807) is 0 Å². The highest BCUT2D eigenvalue weighted by atomic mass is 15.1. The maximum absolute atomic E-state index is 5.90. The van der Waals surface area contributed by atoms with E-state index in [4.69, 9.17) is 5.73 Å². The van der Waals surface area contributed by atoms with Gasteiger partial charge in [-0.2, -0.15) is 0 Å². The Balaban J connectivity index is 2.30. The van der Waals surface area contributed by atoms with E-state index in [-0.39, 0.29) is 6.04 Å². The fourth-order valence-corrected chi connectivity index (χ4v) is 2.55. The first kappa shape index (κ1) is 14.6. The summed E-state index contributed by atoms with van der Waals surface area (Å²) in [5.41, 5.74) is 11.0. The highest BCUT2D eigenvalue weighted by Crippen LogP contribution is 2.27. The number of nitrogens with two attached hydrogens (primary N) is 1. The molecule has 1 atom stereocenters. The normalized spacial score (nSPS) is 12.2. The minimum Gasteiger partial charge on any atom is -0.342 e. The molecule has 0 radical (unpaired) electrons. The molecule has 2 heteroatoms. The molecule has 0 heterocycles. The Bertz CT molecular complexity index is 547. The fourth-order valence-electron chi connectivity index (χ4n) is 2.55. The standard InChI is InChI=1S/C18H24N2/c1-4-20(17-8-6-5-7-9-17)18-11-10-16(13-15(3)19)14(2)12-18/h5-12,15H,4,13,19H2,1-3H3. The van der Waals surface area contributed by atoms with Crippen molar-refractivity contribution in [3.8, 4) is 0 Å². The van der Waals surface area contributed by atoms with E-state index in [2.05, 4.69) is 68.1 Å². The number of para-hydroxylation sites is 1. The molecular formula is C18H24N2. The van der Waals surface area contributed by atoms with Crippen molar-refractivity contribution in [2.24, 2.45) is 5.73 Å². The molecule has 2 aromatic carbocycles. The summed E-state index contributed by atoms with van der Waals surface area (Å²) < 4.78 is 0. The van der Waals surface area contributed by atoms with E-state index in [0.717, 1.165) is 13.0 Å². The number of aryl methyl sites for hydroxylation is 1. The van der Waals surface area contributed by atoms with Crippen LogP contribution in [0.3, 0.4) is 0 Å². The Morgan fingerprint density at radius 2 is 1.75 bits per heavy atom. The van der Waals surface area contributed by atoms with E-state index in [1.165, 1.54) is 22.5 Å². The molecule has 20 heavy (non-hydrogen) atoms. The van der Waals surface area contributed by atoms with Crippen LogP contribution in [0, 0.1) is 6.92 Å². The molecule has 0 spiro atoms. The molecule has 0 saturated carbocycles. The summed E-state index contributed by atoms with van der Waals surface area (Å²) in [5.74, 6) is 0. The van der Waals surface area contributed by atoms with Crippen LogP contribution >= 0.6 is 0 Å². The van der Waals surface area contributed by atoms with Crippen LogP contribution in [0.2, 0.25) is 0 Å². The first-order valence-corrected chi connectivity index (χ1v) is 7.29. The first-order chi connectivity index (χ1) is 9.61. The van der Waals surface area contributed by atoms with Crippen LogP contribution in [-0.2, 0) is 6.42 Å². The average molecular weight is 268 g/mol. The quantitative estimate of drug-likeness (QED) is 0.886. The van der Waals surface area contributed by atoms with Crippen molar-refractivity contribution in [3.63, 3.8) is 0 Å². The van der Waals surface area contributed by atoms with E-state index in [0.29, 0.717) is 0 Å². The number of hydrogen-bond donors (Lipinski definition) is 1. The van der Waals surface area contributed by atoms with Crippen LogP contribution < -0.4 is 10.6 Å². The van der Waals surface area contributed by atoms with E-state index in [9.17, 15) is 0 Å². The fraction of sp³-hybridized carbons (Fsp3) is 0.333. The summed E-state index contributed by atoms with van der Waals surface area (Å²) in [7, 11) is 0. The predicted octanol–water partition coefficient (Wildman–Crippen LogP) is 4.04. The van der Waals surface area contributed by atoms with Crippen LogP contribution in [0.4, 0.5) is 11.4 Å². The molecule has 106 valence electrons. The highest BCUT2D eigenvalue weighted by Gasteiger charge is 2.09. The maximum atomic E-state index is 5.90. The number of benzene rings is 2. The van der Waals surface area contributed by atoms with Crippen molar-refractivity contribution in [3.05, 3.63) is 59.7 Å². The van der Waals surface area contributed by atoms with Crippen molar-refractivity contribution < 1.29 is 0 Å². The summed E-state index contributed by atoms with van der Waals surface area (Å²) in [6.07, 6.45) is 0.934. The zero-order chi connectivity index (χ0) is 14.5. The lowest BCUT2D eigenvalue weighted by molar-refractivity contribution is 0.735. The van der Waals surface area contributed by atoms with Gasteiger partial charge in [-0.3, -0.25) is 0 Å². The zero-order valence-electron chi connectivity index (χ0n) is 12.6. The number of anilines is 2. The minimum atomic E-state index is 0.205. The zero-order valence-corrected chi connectivity index (χ0v) is 12.6. The van der Waals surface area contributed by atoms with Gasteiger partial charge in [0, 0.05) is 24.0 Å². The lowest BCUT2D eigenvalue weighted by Crippen LogP contribution is -2.19. The average Bonchev–Trinajstić information content (AvgIpc) is 2.43. The monoisotopic (exact) mass is 268 g/mol. The Hall–Kier alpha value is -1.80. The first-order valence-electron chi connectivity index (χ1n) is 7.29. The van der Waals surface area contributed by atoms with Gasteiger partial charge in [0.25, 0.3) is 0 Å². The summed E-state index contributed by atoms with van der Waals surface area (Å²) in [5, 5.41) is 0. The van der Waals surface area contributed by atoms with Gasteiger partial charge in [-0.05, 0) is 62.6 Å². The van der Waals surface area contributed by atoms with Gasteiger partial charge >= 0.3 is 0 Å². The van der Waals surface area contributed by atoms with Crippen LogP contribution in [0.5, 0.6) is 0 Å². The molecule has 0 amide bonds. The lowest BCUT2D eigenvalue weighted by Gasteiger charge is -2.24. The third-order valence-corrected chi connectivity index (χ3v) is 3.56. The number of nitrogens with zero attached hydrogens (tertiary/aromatic N) is 1. The summed E-state index contributed by atoms with van der Waals surface area (Å²) in [6.45, 7) is 7.35. The topological polar surface area (TPSA) is 29.3 Å². The second-order valence-corrected chi connectivity index (χ2v) is 5.37. The molecule has 0 saturated heterocycles. The van der Waals surface area contributed by atoms with Crippen LogP contribution in [0.15, 0.2) is 48.5 Å². The molecule has 2 rings (SSSR count). The molecule has 2 nitrogen and oxygen atoms in total. The predicted molar refractivity (Wildman–Crippen MR) is 87.7 cm³/mol. The van der Waals surface area contributed by atoms with Crippen molar-refractivity contribution >= 4 is 11.4 Å². The van der Waals surface area contributed by atoms with Crippen molar-refractivity contribution in [2.45, 2.75) is 33.2 Å². The molecular weight excluding hydrogens is 244 g/mol. The van der Waals surface area contributed by atoms with Gasteiger partial charge in [0.15, 0.2) is 0 Å². The van der Waals surface area contributed by atoms with Gasteiger partial charge in [0.2, 0.25) is 0 Å². The molecule has 0 bridgehead atoms. The molecule has 0 aliphatic carbocycles. The van der Waals surface area contributed by atoms with Crippen molar-refractivity contribution in [2.75, 3.05) is 11.4 Å². The van der Waals surface area contributed by atoms with Gasteiger partial charge in [-0.25, -0.2) is 0 Å². The van der Waals surface area contributed by atoms with Gasteiger partial charge < -0.3 is 10.6 Å². The second-order valence-electron chi connectivity index (χ2n) is 5.37. The highest BCUT2D eigenvalue weighted by molar-refractivity contribution is 5.64. The number of rotatable bonds is 5. The Kier molecular flexibility index (Phi) is 4.80. The summed E-state index contributed by atoms with van der Waals surface area (Å²) in [4.78, 5) is 2.32. The molecule has 0 aliphatic heterocycles. The van der Waals surface area contributed by atoms with Crippen LogP contribution in [0.25, 0.3) is 0 Å².